The average Bonchev–Trinajstić information content (AvgIpc) is 2.99. The lowest BCUT2D eigenvalue weighted by Gasteiger charge is -2.16. The maximum absolute atomic E-state index is 12.5. The minimum absolute atomic E-state index is 0.0104. The highest BCUT2D eigenvalue weighted by molar-refractivity contribution is 7.10. The first-order chi connectivity index (χ1) is 10.7. The van der Waals surface area contributed by atoms with E-state index in [1.54, 1.807) is 23.5 Å². The predicted octanol–water partition coefficient (Wildman–Crippen LogP) is 3.99. The maximum atomic E-state index is 12.5. The Hall–Kier alpha value is -2.12. The van der Waals surface area contributed by atoms with Crippen LogP contribution in [0.3, 0.4) is 0 Å². The van der Waals surface area contributed by atoms with Crippen LogP contribution in [0.4, 0.5) is 0 Å². The molecule has 1 aromatic carbocycles. The number of benzene rings is 1. The second kappa shape index (κ2) is 6.33. The van der Waals surface area contributed by atoms with Crippen molar-refractivity contribution < 1.29 is 4.79 Å². The molecule has 0 fully saturated rings. The molecule has 0 spiro atoms. The fourth-order valence-electron chi connectivity index (χ4n) is 2.89. The number of nitrogens with one attached hydrogen (secondary N) is 1. The van der Waals surface area contributed by atoms with E-state index < -0.39 is 0 Å². The molecular weight excluding hydrogens is 292 g/mol. The van der Waals surface area contributed by atoms with Gasteiger partial charge in [-0.2, -0.15) is 5.26 Å². The van der Waals surface area contributed by atoms with E-state index >= 15 is 0 Å². The lowest BCUT2D eigenvalue weighted by atomic mass is 9.95. The second-order valence-electron chi connectivity index (χ2n) is 5.69. The SMILES string of the molecule is CC(NC(=O)c1csc2c1CCCC2)c1ccc(C#N)cc1. The molecule has 3 rings (SSSR count). The number of amides is 1. The first-order valence-electron chi connectivity index (χ1n) is 7.59. The number of hydrogen-bond acceptors (Lipinski definition) is 3. The van der Waals surface area contributed by atoms with E-state index in [1.807, 2.05) is 24.4 Å². The molecule has 1 aliphatic rings. The summed E-state index contributed by atoms with van der Waals surface area (Å²) in [5, 5.41) is 13.9. The van der Waals surface area contributed by atoms with Crippen LogP contribution < -0.4 is 5.32 Å². The normalized spacial score (nSPS) is 14.7. The zero-order valence-electron chi connectivity index (χ0n) is 12.6. The number of rotatable bonds is 3. The maximum Gasteiger partial charge on any atom is 0.252 e. The molecule has 2 aromatic rings. The zero-order chi connectivity index (χ0) is 15.5. The molecule has 112 valence electrons. The van der Waals surface area contributed by atoms with Crippen molar-refractivity contribution in [2.45, 2.75) is 38.6 Å². The molecule has 1 heterocycles. The van der Waals surface area contributed by atoms with Crippen LogP contribution in [-0.4, -0.2) is 5.91 Å². The molecule has 3 nitrogen and oxygen atoms in total. The van der Waals surface area contributed by atoms with Crippen molar-refractivity contribution in [2.24, 2.45) is 0 Å². The van der Waals surface area contributed by atoms with Crippen LogP contribution in [0, 0.1) is 11.3 Å². The quantitative estimate of drug-likeness (QED) is 0.932. The van der Waals surface area contributed by atoms with Gasteiger partial charge in [0.2, 0.25) is 0 Å². The predicted molar refractivity (Wildman–Crippen MR) is 88.0 cm³/mol. The van der Waals surface area contributed by atoms with Crippen LogP contribution in [0.25, 0.3) is 0 Å². The van der Waals surface area contributed by atoms with E-state index in [-0.39, 0.29) is 11.9 Å². The van der Waals surface area contributed by atoms with Gasteiger partial charge in [0.15, 0.2) is 0 Å². The summed E-state index contributed by atoms with van der Waals surface area (Å²) in [7, 11) is 0. The Labute approximate surface area is 134 Å². The summed E-state index contributed by atoms with van der Waals surface area (Å²) in [5.74, 6) is 0.0104. The van der Waals surface area contributed by atoms with Crippen LogP contribution in [0.1, 0.15) is 57.7 Å². The van der Waals surface area contributed by atoms with Crippen molar-refractivity contribution in [1.29, 1.82) is 5.26 Å². The fourth-order valence-corrected chi connectivity index (χ4v) is 4.01. The number of fused-ring (bicyclic) bond motifs is 1. The van der Waals surface area contributed by atoms with Gasteiger partial charge in [0, 0.05) is 10.3 Å². The van der Waals surface area contributed by atoms with E-state index in [0.717, 1.165) is 24.0 Å². The minimum Gasteiger partial charge on any atom is -0.345 e. The van der Waals surface area contributed by atoms with Crippen LogP contribution in [0.2, 0.25) is 0 Å². The van der Waals surface area contributed by atoms with Crippen molar-refractivity contribution in [1.82, 2.24) is 5.32 Å². The third-order valence-electron chi connectivity index (χ3n) is 4.19. The van der Waals surface area contributed by atoms with Gasteiger partial charge in [0.25, 0.3) is 5.91 Å². The van der Waals surface area contributed by atoms with Crippen molar-refractivity contribution in [3.8, 4) is 6.07 Å². The number of carbonyl (C=O) groups is 1. The summed E-state index contributed by atoms with van der Waals surface area (Å²) < 4.78 is 0. The molecule has 22 heavy (non-hydrogen) atoms. The lowest BCUT2D eigenvalue weighted by molar-refractivity contribution is 0.0939. The van der Waals surface area contributed by atoms with Gasteiger partial charge in [0.05, 0.1) is 23.2 Å². The molecule has 0 bridgehead atoms. The standard InChI is InChI=1S/C18H18N2OS/c1-12(14-8-6-13(10-19)7-9-14)20-18(21)16-11-22-17-5-3-2-4-15(16)17/h6-9,11-12H,2-5H2,1H3,(H,20,21). The summed E-state index contributed by atoms with van der Waals surface area (Å²) >= 11 is 1.71. The third kappa shape index (κ3) is 2.90. The number of nitriles is 1. The fraction of sp³-hybridized carbons (Fsp3) is 0.333. The molecule has 0 saturated heterocycles. The Morgan fingerprint density at radius 3 is 2.73 bits per heavy atom. The van der Waals surface area contributed by atoms with Gasteiger partial charge in [-0.15, -0.1) is 11.3 Å². The summed E-state index contributed by atoms with van der Waals surface area (Å²) in [5.41, 5.74) is 3.74. The highest BCUT2D eigenvalue weighted by Crippen LogP contribution is 2.30. The molecule has 1 aromatic heterocycles. The smallest absolute Gasteiger partial charge is 0.252 e. The molecule has 4 heteroatoms. The van der Waals surface area contributed by atoms with Gasteiger partial charge in [-0.25, -0.2) is 0 Å². The lowest BCUT2D eigenvalue weighted by Crippen LogP contribution is -2.27. The Morgan fingerprint density at radius 1 is 1.27 bits per heavy atom. The van der Waals surface area contributed by atoms with Crippen molar-refractivity contribution in [3.05, 3.63) is 56.8 Å². The van der Waals surface area contributed by atoms with Crippen LogP contribution in [0.5, 0.6) is 0 Å². The van der Waals surface area contributed by atoms with E-state index in [0.29, 0.717) is 5.56 Å². The molecule has 1 N–H and O–H groups in total. The average molecular weight is 310 g/mol. The van der Waals surface area contributed by atoms with Gasteiger partial charge in [-0.3, -0.25) is 4.79 Å². The molecule has 0 radical (unpaired) electrons. The second-order valence-corrected chi connectivity index (χ2v) is 6.65. The highest BCUT2D eigenvalue weighted by atomic mass is 32.1. The molecular formula is C18H18N2OS. The van der Waals surface area contributed by atoms with Gasteiger partial charge >= 0.3 is 0 Å². The first-order valence-corrected chi connectivity index (χ1v) is 8.47. The van der Waals surface area contributed by atoms with Gasteiger partial charge in [-0.1, -0.05) is 12.1 Å². The van der Waals surface area contributed by atoms with Gasteiger partial charge in [-0.05, 0) is 55.9 Å². The topological polar surface area (TPSA) is 52.9 Å². The third-order valence-corrected chi connectivity index (χ3v) is 5.28. The van der Waals surface area contributed by atoms with Gasteiger partial charge < -0.3 is 5.32 Å². The number of hydrogen-bond donors (Lipinski definition) is 1. The minimum atomic E-state index is -0.0700. The molecule has 1 amide bonds. The Morgan fingerprint density at radius 2 is 2.00 bits per heavy atom. The number of thiophene rings is 1. The Balaban J connectivity index is 1.73. The van der Waals surface area contributed by atoms with Crippen LogP contribution in [-0.2, 0) is 12.8 Å². The number of carbonyl (C=O) groups excluding carboxylic acids is 1. The van der Waals surface area contributed by atoms with E-state index in [1.165, 1.54) is 23.3 Å². The van der Waals surface area contributed by atoms with E-state index in [2.05, 4.69) is 11.4 Å². The molecule has 1 unspecified atom stereocenters. The largest absolute Gasteiger partial charge is 0.345 e. The summed E-state index contributed by atoms with van der Waals surface area (Å²) in [4.78, 5) is 13.9. The Bertz CT molecular complexity index is 725. The van der Waals surface area contributed by atoms with Crippen molar-refractivity contribution in [2.75, 3.05) is 0 Å². The molecule has 0 aliphatic heterocycles. The summed E-state index contributed by atoms with van der Waals surface area (Å²) in [6.45, 7) is 1.97. The van der Waals surface area contributed by atoms with Crippen LogP contribution >= 0.6 is 11.3 Å². The zero-order valence-corrected chi connectivity index (χ0v) is 13.4. The first kappa shape index (κ1) is 14.8. The van der Waals surface area contributed by atoms with Gasteiger partial charge in [0.1, 0.15) is 0 Å². The van der Waals surface area contributed by atoms with E-state index in [4.69, 9.17) is 5.26 Å². The summed E-state index contributed by atoms with van der Waals surface area (Å²) in [6, 6.07) is 9.39. The molecule has 1 atom stereocenters. The van der Waals surface area contributed by atoms with E-state index in [9.17, 15) is 4.79 Å². The highest BCUT2D eigenvalue weighted by Gasteiger charge is 2.21. The monoisotopic (exact) mass is 310 g/mol. The van der Waals surface area contributed by atoms with Crippen molar-refractivity contribution in [3.63, 3.8) is 0 Å². The number of aryl methyl sites for hydroxylation is 1. The summed E-state index contributed by atoms with van der Waals surface area (Å²) in [6.07, 6.45) is 4.54. The van der Waals surface area contributed by atoms with Crippen molar-refractivity contribution >= 4 is 17.2 Å². The Kier molecular flexibility index (Phi) is 4.26. The molecule has 0 saturated carbocycles. The van der Waals surface area contributed by atoms with Crippen LogP contribution in [0.15, 0.2) is 29.6 Å². The molecule has 1 aliphatic carbocycles. The number of nitrogens with zero attached hydrogens (tertiary/aromatic N) is 1.